The topological polar surface area (TPSA) is 50.8 Å². The zero-order valence-electron chi connectivity index (χ0n) is 14.4. The fourth-order valence-electron chi connectivity index (χ4n) is 3.50. The number of amides is 1. The molecule has 0 saturated carbocycles. The summed E-state index contributed by atoms with van der Waals surface area (Å²) >= 11 is 0. The Morgan fingerprint density at radius 1 is 1.29 bits per heavy atom. The summed E-state index contributed by atoms with van der Waals surface area (Å²) in [6.07, 6.45) is 2.68. The zero-order chi connectivity index (χ0) is 16.8. The molecule has 5 heteroatoms. The Morgan fingerprint density at radius 3 is 2.88 bits per heavy atom. The van der Waals surface area contributed by atoms with E-state index >= 15 is 0 Å². The van der Waals surface area contributed by atoms with Crippen molar-refractivity contribution in [1.82, 2.24) is 10.2 Å². The Labute approximate surface area is 144 Å². The Hall–Kier alpha value is -1.43. The van der Waals surface area contributed by atoms with Gasteiger partial charge in [0.2, 0.25) is 5.91 Å². The van der Waals surface area contributed by atoms with Gasteiger partial charge < -0.3 is 14.8 Å². The van der Waals surface area contributed by atoms with E-state index in [4.69, 9.17) is 9.47 Å². The summed E-state index contributed by atoms with van der Waals surface area (Å²) in [5, 5.41) is 3.07. The quantitative estimate of drug-likeness (QED) is 0.865. The van der Waals surface area contributed by atoms with Gasteiger partial charge in [-0.05, 0) is 25.3 Å². The van der Waals surface area contributed by atoms with Crippen molar-refractivity contribution in [2.24, 2.45) is 0 Å². The van der Waals surface area contributed by atoms with Crippen LogP contribution in [0.2, 0.25) is 0 Å². The third-order valence-electron chi connectivity index (χ3n) is 4.80. The average molecular weight is 332 g/mol. The van der Waals surface area contributed by atoms with Crippen LogP contribution in [0.15, 0.2) is 30.3 Å². The molecule has 3 atom stereocenters. The van der Waals surface area contributed by atoms with E-state index in [0.717, 1.165) is 39.1 Å². The van der Waals surface area contributed by atoms with Gasteiger partial charge in [0.25, 0.3) is 0 Å². The maximum atomic E-state index is 12.3. The first-order chi connectivity index (χ1) is 11.7. The SMILES string of the molecule is C[C@H](NC(=O)C[C@H]1CN(Cc2ccccc2)CCO1)[C@H]1CCCO1. The molecule has 0 radical (unpaired) electrons. The molecule has 1 amide bonds. The molecule has 132 valence electrons. The smallest absolute Gasteiger partial charge is 0.222 e. The fraction of sp³-hybridized carbons (Fsp3) is 0.632. The minimum absolute atomic E-state index is 0.0286. The minimum Gasteiger partial charge on any atom is -0.376 e. The van der Waals surface area contributed by atoms with Crippen LogP contribution in [0.3, 0.4) is 0 Å². The van der Waals surface area contributed by atoms with Gasteiger partial charge in [-0.25, -0.2) is 0 Å². The highest BCUT2D eigenvalue weighted by atomic mass is 16.5. The van der Waals surface area contributed by atoms with Crippen molar-refractivity contribution in [3.63, 3.8) is 0 Å². The normalized spacial score (nSPS) is 26.2. The van der Waals surface area contributed by atoms with Gasteiger partial charge in [-0.3, -0.25) is 9.69 Å². The summed E-state index contributed by atoms with van der Waals surface area (Å²) in [6.45, 7) is 6.15. The molecule has 2 aliphatic rings. The summed E-state index contributed by atoms with van der Waals surface area (Å²) in [7, 11) is 0. The van der Waals surface area contributed by atoms with Crippen LogP contribution in [0.5, 0.6) is 0 Å². The number of hydrogen-bond donors (Lipinski definition) is 1. The summed E-state index contributed by atoms with van der Waals surface area (Å²) in [5.41, 5.74) is 1.30. The van der Waals surface area contributed by atoms with Crippen LogP contribution in [0, 0.1) is 0 Å². The number of benzene rings is 1. The van der Waals surface area contributed by atoms with Crippen molar-refractivity contribution in [2.75, 3.05) is 26.3 Å². The highest BCUT2D eigenvalue weighted by Crippen LogP contribution is 2.16. The Balaban J connectivity index is 1.43. The molecule has 0 aromatic heterocycles. The predicted molar refractivity (Wildman–Crippen MR) is 92.7 cm³/mol. The Bertz CT molecular complexity index is 517. The lowest BCUT2D eigenvalue weighted by Crippen LogP contribution is -2.46. The van der Waals surface area contributed by atoms with Gasteiger partial charge in [0.1, 0.15) is 0 Å². The van der Waals surface area contributed by atoms with Crippen LogP contribution >= 0.6 is 0 Å². The molecule has 5 nitrogen and oxygen atoms in total. The maximum Gasteiger partial charge on any atom is 0.222 e. The van der Waals surface area contributed by atoms with Crippen LogP contribution in [-0.2, 0) is 20.8 Å². The van der Waals surface area contributed by atoms with E-state index < -0.39 is 0 Å². The van der Waals surface area contributed by atoms with Crippen molar-refractivity contribution < 1.29 is 14.3 Å². The second-order valence-corrected chi connectivity index (χ2v) is 6.83. The van der Waals surface area contributed by atoms with Gasteiger partial charge in [0, 0.05) is 26.2 Å². The summed E-state index contributed by atoms with van der Waals surface area (Å²) < 4.78 is 11.4. The summed E-state index contributed by atoms with van der Waals surface area (Å²) in [6, 6.07) is 10.5. The molecule has 1 aromatic carbocycles. The third kappa shape index (κ3) is 5.03. The highest BCUT2D eigenvalue weighted by Gasteiger charge is 2.26. The molecule has 1 N–H and O–H groups in total. The molecule has 2 saturated heterocycles. The van der Waals surface area contributed by atoms with E-state index in [-0.39, 0.29) is 24.2 Å². The number of ether oxygens (including phenoxy) is 2. The van der Waals surface area contributed by atoms with E-state index in [1.807, 2.05) is 13.0 Å². The summed E-state index contributed by atoms with van der Waals surface area (Å²) in [4.78, 5) is 14.6. The number of nitrogens with one attached hydrogen (secondary N) is 1. The Morgan fingerprint density at radius 2 is 2.12 bits per heavy atom. The zero-order valence-corrected chi connectivity index (χ0v) is 14.4. The number of rotatable bonds is 6. The Kier molecular flexibility index (Phi) is 6.24. The number of nitrogens with zero attached hydrogens (tertiary/aromatic N) is 1. The van der Waals surface area contributed by atoms with Crippen molar-refractivity contribution in [2.45, 2.75) is 51.0 Å². The lowest BCUT2D eigenvalue weighted by atomic mass is 10.1. The predicted octanol–water partition coefficient (Wildman–Crippen LogP) is 1.96. The van der Waals surface area contributed by atoms with Crippen molar-refractivity contribution in [1.29, 1.82) is 0 Å². The van der Waals surface area contributed by atoms with E-state index in [0.29, 0.717) is 13.0 Å². The van der Waals surface area contributed by atoms with Crippen molar-refractivity contribution >= 4 is 5.91 Å². The van der Waals surface area contributed by atoms with Gasteiger partial charge in [-0.15, -0.1) is 0 Å². The summed E-state index contributed by atoms with van der Waals surface area (Å²) in [5.74, 6) is 0.0598. The molecular weight excluding hydrogens is 304 g/mol. The number of morpholine rings is 1. The van der Waals surface area contributed by atoms with Crippen LogP contribution in [0.25, 0.3) is 0 Å². The second-order valence-electron chi connectivity index (χ2n) is 6.83. The molecule has 0 bridgehead atoms. The molecule has 0 spiro atoms. The molecule has 2 heterocycles. The molecule has 24 heavy (non-hydrogen) atoms. The van der Waals surface area contributed by atoms with Gasteiger partial charge in [-0.1, -0.05) is 30.3 Å². The number of hydrogen-bond acceptors (Lipinski definition) is 4. The molecule has 1 aromatic rings. The van der Waals surface area contributed by atoms with Gasteiger partial charge in [0.05, 0.1) is 31.3 Å². The molecule has 0 aliphatic carbocycles. The third-order valence-corrected chi connectivity index (χ3v) is 4.80. The number of carbonyl (C=O) groups is 1. The first-order valence-corrected chi connectivity index (χ1v) is 8.99. The van der Waals surface area contributed by atoms with Crippen LogP contribution in [-0.4, -0.2) is 55.4 Å². The number of carbonyl (C=O) groups excluding carboxylic acids is 1. The molecular formula is C19H28N2O3. The van der Waals surface area contributed by atoms with E-state index in [2.05, 4.69) is 34.5 Å². The molecule has 0 unspecified atom stereocenters. The standard InChI is InChI=1S/C19H28N2O3/c1-15(18-8-5-10-24-18)20-19(22)12-17-14-21(9-11-23-17)13-16-6-3-2-4-7-16/h2-4,6-7,15,17-18H,5,8-14H2,1H3,(H,20,22)/t15-,17-,18+/m0/s1. The lowest BCUT2D eigenvalue weighted by Gasteiger charge is -2.33. The largest absolute Gasteiger partial charge is 0.376 e. The monoisotopic (exact) mass is 332 g/mol. The van der Waals surface area contributed by atoms with Crippen LogP contribution in [0.4, 0.5) is 0 Å². The van der Waals surface area contributed by atoms with Crippen LogP contribution < -0.4 is 5.32 Å². The highest BCUT2D eigenvalue weighted by molar-refractivity contribution is 5.76. The van der Waals surface area contributed by atoms with Crippen LogP contribution in [0.1, 0.15) is 31.7 Å². The minimum atomic E-state index is -0.0286. The van der Waals surface area contributed by atoms with Gasteiger partial charge >= 0.3 is 0 Å². The van der Waals surface area contributed by atoms with Gasteiger partial charge in [-0.2, -0.15) is 0 Å². The van der Waals surface area contributed by atoms with E-state index in [9.17, 15) is 4.79 Å². The van der Waals surface area contributed by atoms with Crippen molar-refractivity contribution in [3.8, 4) is 0 Å². The molecule has 2 fully saturated rings. The van der Waals surface area contributed by atoms with E-state index in [1.54, 1.807) is 0 Å². The molecule has 2 aliphatic heterocycles. The van der Waals surface area contributed by atoms with Gasteiger partial charge in [0.15, 0.2) is 0 Å². The second kappa shape index (κ2) is 8.60. The average Bonchev–Trinajstić information content (AvgIpc) is 3.10. The molecule has 3 rings (SSSR count). The first-order valence-electron chi connectivity index (χ1n) is 8.99. The lowest BCUT2D eigenvalue weighted by molar-refractivity contribution is -0.127. The van der Waals surface area contributed by atoms with Crippen molar-refractivity contribution in [3.05, 3.63) is 35.9 Å². The first kappa shape index (κ1) is 17.4. The maximum absolute atomic E-state index is 12.3. The fourth-order valence-corrected chi connectivity index (χ4v) is 3.50. The van der Waals surface area contributed by atoms with E-state index in [1.165, 1.54) is 5.56 Å².